The lowest BCUT2D eigenvalue weighted by Gasteiger charge is -2.36. The maximum absolute atomic E-state index is 14.3. The number of aryl methyl sites for hydroxylation is 2. The maximum Gasteiger partial charge on any atom is 0.508 e. The number of ether oxygens (including phenoxy) is 4. The summed E-state index contributed by atoms with van der Waals surface area (Å²) >= 11 is 0. The molecule has 0 radical (unpaired) electrons. The van der Waals surface area contributed by atoms with E-state index >= 15 is 0 Å². The van der Waals surface area contributed by atoms with Gasteiger partial charge in [-0.2, -0.15) is 10.2 Å². The molecule has 4 heterocycles. The summed E-state index contributed by atoms with van der Waals surface area (Å²) < 4.78 is 25.4. The fourth-order valence-corrected chi connectivity index (χ4v) is 11.8. The molecule has 0 aliphatic heterocycles. The second-order valence-electron chi connectivity index (χ2n) is 22.1. The Hall–Kier alpha value is -6.70. The van der Waals surface area contributed by atoms with Crippen LogP contribution in [-0.4, -0.2) is 81.6 Å². The van der Waals surface area contributed by atoms with Crippen LogP contribution in [0.5, 0.6) is 11.5 Å². The minimum Gasteiger partial charge on any atom is -0.495 e. The predicted molar refractivity (Wildman–Crippen MR) is 297 cm³/mol. The van der Waals surface area contributed by atoms with Crippen molar-refractivity contribution in [3.8, 4) is 33.8 Å². The zero-order valence-electron chi connectivity index (χ0n) is 45.4. The number of hydrogen-bond donors (Lipinski definition) is 1. The van der Waals surface area contributed by atoms with Gasteiger partial charge in [0.2, 0.25) is 5.91 Å². The normalized spacial score (nSPS) is 22.4. The second-order valence-corrected chi connectivity index (χ2v) is 22.1. The van der Waals surface area contributed by atoms with Crippen LogP contribution in [-0.2, 0) is 14.3 Å². The van der Waals surface area contributed by atoms with Gasteiger partial charge in [-0.05, 0) is 195 Å². The number of pyridine rings is 2. The number of carbonyl (C=O) groups is 2. The summed E-state index contributed by atoms with van der Waals surface area (Å²) in [6.07, 6.45) is 24.2. The van der Waals surface area contributed by atoms with Gasteiger partial charge in [0.1, 0.15) is 17.6 Å². The second kappa shape index (κ2) is 24.5. The molecule has 0 unspecified atom stereocenters. The third-order valence-corrected chi connectivity index (χ3v) is 16.7. The van der Waals surface area contributed by atoms with E-state index in [1.54, 1.807) is 21.1 Å². The Morgan fingerprint density at radius 3 is 1.68 bits per heavy atom. The number of hydrogen-bond acceptors (Lipinski definition) is 11. The molecule has 1 amide bonds. The Labute approximate surface area is 449 Å². The van der Waals surface area contributed by atoms with E-state index in [0.717, 1.165) is 83.5 Å². The van der Waals surface area contributed by atoms with Crippen molar-refractivity contribution >= 4 is 23.4 Å². The molecule has 1 N–H and O–H groups in total. The molecule has 5 fully saturated rings. The van der Waals surface area contributed by atoms with Crippen LogP contribution < -0.4 is 19.7 Å². The largest absolute Gasteiger partial charge is 0.508 e. The van der Waals surface area contributed by atoms with Crippen LogP contribution in [0.4, 0.5) is 16.2 Å². The van der Waals surface area contributed by atoms with Gasteiger partial charge in [-0.1, -0.05) is 24.3 Å². The van der Waals surface area contributed by atoms with Crippen LogP contribution in [0.1, 0.15) is 156 Å². The van der Waals surface area contributed by atoms with Gasteiger partial charge in [-0.3, -0.25) is 24.1 Å². The summed E-state index contributed by atoms with van der Waals surface area (Å²) in [6.45, 7) is 7.82. The average Bonchev–Trinajstić information content (AvgIpc) is 4.39. The third kappa shape index (κ3) is 13.3. The quantitative estimate of drug-likeness (QED) is 0.0871. The van der Waals surface area contributed by atoms with Gasteiger partial charge in [-0.15, -0.1) is 0 Å². The smallest absolute Gasteiger partial charge is 0.495 e. The van der Waals surface area contributed by atoms with E-state index in [1.165, 1.54) is 73.9 Å². The Balaban J connectivity index is 0.000000185. The van der Waals surface area contributed by atoms with E-state index in [0.29, 0.717) is 68.7 Å². The highest BCUT2D eigenvalue weighted by Crippen LogP contribution is 2.41. The fraction of sp³-hybridized carbons (Fsp3) is 0.516. The zero-order chi connectivity index (χ0) is 52.5. The SMILES string of the molecule is CCOC(=O)OC1CCC(C(=O)N(CC2CCC(c3ccc(OC)c(C)n3)CC2)c2cccc(-c3cnn(C4CC4)c3)c2)CC1.COc1ccc(C2CCC(CNc3cccc(-c4cnn(C5CC5)c4)c3)CC2)nc1C. The topological polar surface area (TPSA) is 148 Å². The molecule has 5 aliphatic carbocycles. The van der Waals surface area contributed by atoms with Crippen LogP contribution in [0.2, 0.25) is 0 Å². The van der Waals surface area contributed by atoms with Crippen molar-refractivity contribution in [1.82, 2.24) is 29.5 Å². The van der Waals surface area contributed by atoms with E-state index in [1.807, 2.05) is 37.2 Å². The molecule has 0 saturated heterocycles. The van der Waals surface area contributed by atoms with E-state index < -0.39 is 6.16 Å². The lowest BCUT2D eigenvalue weighted by atomic mass is 9.79. The van der Waals surface area contributed by atoms with Gasteiger partial charge in [0.15, 0.2) is 0 Å². The molecule has 402 valence electrons. The fourth-order valence-electron chi connectivity index (χ4n) is 11.8. The molecular formula is C62H78N8O6. The molecule has 0 bridgehead atoms. The van der Waals surface area contributed by atoms with Crippen molar-refractivity contribution in [2.75, 3.05) is 44.1 Å². The number of aromatic nitrogens is 6. The van der Waals surface area contributed by atoms with Crippen molar-refractivity contribution < 1.29 is 28.5 Å². The predicted octanol–water partition coefficient (Wildman–Crippen LogP) is 13.6. The van der Waals surface area contributed by atoms with Gasteiger partial charge in [0.05, 0.1) is 56.7 Å². The first kappa shape index (κ1) is 52.7. The lowest BCUT2D eigenvalue weighted by Crippen LogP contribution is -2.42. The molecule has 76 heavy (non-hydrogen) atoms. The van der Waals surface area contributed by atoms with Crippen LogP contribution in [0.3, 0.4) is 0 Å². The molecule has 11 rings (SSSR count). The number of methoxy groups -OCH3 is 2. The molecule has 14 nitrogen and oxygen atoms in total. The summed E-state index contributed by atoms with van der Waals surface area (Å²) in [7, 11) is 3.39. The lowest BCUT2D eigenvalue weighted by molar-refractivity contribution is -0.124. The summed E-state index contributed by atoms with van der Waals surface area (Å²) in [4.78, 5) is 37.8. The molecule has 5 aliphatic rings. The van der Waals surface area contributed by atoms with Crippen molar-refractivity contribution in [1.29, 1.82) is 0 Å². The van der Waals surface area contributed by atoms with Crippen molar-refractivity contribution in [3.05, 3.63) is 120 Å². The van der Waals surface area contributed by atoms with Gasteiger partial charge < -0.3 is 29.2 Å². The maximum atomic E-state index is 14.3. The number of amides is 1. The van der Waals surface area contributed by atoms with Crippen LogP contribution >= 0.6 is 0 Å². The highest BCUT2D eigenvalue weighted by molar-refractivity contribution is 5.95. The molecule has 0 spiro atoms. The number of carbonyl (C=O) groups excluding carboxylic acids is 2. The summed E-state index contributed by atoms with van der Waals surface area (Å²) in [5.41, 5.74) is 11.0. The average molecular weight is 1030 g/mol. The first-order valence-corrected chi connectivity index (χ1v) is 28.3. The molecule has 14 heteroatoms. The Morgan fingerprint density at radius 1 is 0.618 bits per heavy atom. The Morgan fingerprint density at radius 2 is 1.16 bits per heavy atom. The highest BCUT2D eigenvalue weighted by Gasteiger charge is 2.35. The van der Waals surface area contributed by atoms with Gasteiger partial charge in [-0.25, -0.2) is 4.79 Å². The number of anilines is 2. The van der Waals surface area contributed by atoms with Crippen molar-refractivity contribution in [2.24, 2.45) is 17.8 Å². The summed E-state index contributed by atoms with van der Waals surface area (Å²) in [5.74, 6) is 3.91. The third-order valence-electron chi connectivity index (χ3n) is 16.7. The summed E-state index contributed by atoms with van der Waals surface area (Å²) in [6, 6.07) is 26.6. The molecule has 6 aromatic rings. The minimum atomic E-state index is -0.619. The van der Waals surface area contributed by atoms with Crippen molar-refractivity contribution in [3.63, 3.8) is 0 Å². The van der Waals surface area contributed by atoms with Crippen LogP contribution in [0, 0.1) is 31.6 Å². The molecule has 5 saturated carbocycles. The molecule has 0 atom stereocenters. The minimum absolute atomic E-state index is 0.101. The van der Waals surface area contributed by atoms with E-state index in [9.17, 15) is 9.59 Å². The molecular weight excluding hydrogens is 953 g/mol. The molecule has 4 aromatic heterocycles. The van der Waals surface area contributed by atoms with Crippen LogP contribution in [0.15, 0.2) is 97.6 Å². The van der Waals surface area contributed by atoms with Crippen molar-refractivity contribution in [2.45, 2.75) is 154 Å². The van der Waals surface area contributed by atoms with E-state index in [4.69, 9.17) is 28.9 Å². The van der Waals surface area contributed by atoms with Gasteiger partial charge >= 0.3 is 6.16 Å². The zero-order valence-corrected chi connectivity index (χ0v) is 45.4. The van der Waals surface area contributed by atoms with Gasteiger partial charge in [0, 0.05) is 77.1 Å². The Kier molecular flexibility index (Phi) is 17.0. The van der Waals surface area contributed by atoms with Gasteiger partial charge in [0.25, 0.3) is 0 Å². The number of rotatable bonds is 17. The highest BCUT2D eigenvalue weighted by atomic mass is 16.7. The number of nitrogens with zero attached hydrogens (tertiary/aromatic N) is 7. The number of nitrogens with one attached hydrogen (secondary N) is 1. The first-order chi connectivity index (χ1) is 37.1. The molecule has 2 aromatic carbocycles. The number of benzene rings is 2. The standard InChI is InChI=1S/C36H46N4O5.C26H32N4O/c1-4-44-36(42)45-32-16-12-27(13-17-32)35(41)39(31-7-5-6-28(20-31)29-21-37-40(23-29)30-14-15-30)22-25-8-10-26(11-9-25)33-18-19-34(43-3)24(2)38-33;1-18-26(31-2)13-12-25(29-18)20-8-6-19(7-9-20)15-27-23-5-3-4-21(14-23)22-16-28-30(17-22)24-10-11-24/h5-7,18-21,23,25-27,30,32H,4,8-17,22H2,1-3H3;3-5,12-14,16-17,19-20,24,27H,6-11,15H2,1-2H3. The monoisotopic (exact) mass is 1030 g/mol. The first-order valence-electron chi connectivity index (χ1n) is 28.3. The van der Waals surface area contributed by atoms with E-state index in [-0.39, 0.29) is 17.9 Å². The summed E-state index contributed by atoms with van der Waals surface area (Å²) in [5, 5.41) is 12.8. The Bertz CT molecular complexity index is 2880. The van der Waals surface area contributed by atoms with Crippen LogP contribution in [0.25, 0.3) is 22.3 Å². The van der Waals surface area contributed by atoms with E-state index in [2.05, 4.69) is 104 Å².